The molecule has 13 nitrogen and oxygen atoms in total. The number of halogens is 2. The lowest BCUT2D eigenvalue weighted by atomic mass is 10.1. The van der Waals surface area contributed by atoms with Gasteiger partial charge in [0.25, 0.3) is 0 Å². The molecule has 3 aromatic rings. The van der Waals surface area contributed by atoms with Gasteiger partial charge in [-0.15, -0.1) is 0 Å². The molecule has 2 aliphatic rings. The highest BCUT2D eigenvalue weighted by atomic mass is 19.3. The van der Waals surface area contributed by atoms with Gasteiger partial charge in [0, 0.05) is 32.2 Å². The molecule has 2 aliphatic heterocycles. The van der Waals surface area contributed by atoms with Crippen LogP contribution in [0.1, 0.15) is 19.4 Å². The number of ether oxygens (including phenoxy) is 1. The fourth-order valence-electron chi connectivity index (χ4n) is 4.53. The molecular weight excluding hydrogens is 502 g/mol. The maximum absolute atomic E-state index is 13.1. The van der Waals surface area contributed by atoms with Gasteiger partial charge in [0.15, 0.2) is 17.0 Å². The number of likely N-dealkylation sites (tertiary alicyclic amines) is 1. The number of carbonyl (C=O) groups excluding carboxylic acids is 2. The Labute approximate surface area is 216 Å². The molecule has 202 valence electrons. The molecule has 2 fully saturated rings. The lowest BCUT2D eigenvalue weighted by molar-refractivity contribution is -0.128. The Bertz CT molecular complexity index is 1320. The summed E-state index contributed by atoms with van der Waals surface area (Å²) in [5.41, 5.74) is 1.11. The molecule has 2 N–H and O–H groups in total. The number of nitrogens with one attached hydrogen (secondary N) is 2. The summed E-state index contributed by atoms with van der Waals surface area (Å²) in [6.45, 7) is 3.89. The average Bonchev–Trinajstić information content (AvgIpc) is 3.59. The topological polar surface area (TPSA) is 135 Å². The third-order valence-corrected chi connectivity index (χ3v) is 6.43. The summed E-state index contributed by atoms with van der Waals surface area (Å²) >= 11 is 0. The van der Waals surface area contributed by atoms with E-state index < -0.39 is 6.55 Å². The Morgan fingerprint density at radius 2 is 2.05 bits per heavy atom. The third kappa shape index (κ3) is 5.41. The molecule has 0 saturated carbocycles. The second kappa shape index (κ2) is 11.1. The number of morpholine rings is 1. The summed E-state index contributed by atoms with van der Waals surface area (Å²) in [5.74, 6) is 0.312. The highest BCUT2D eigenvalue weighted by Crippen LogP contribution is 2.26. The van der Waals surface area contributed by atoms with Crippen LogP contribution in [0.3, 0.4) is 0 Å². The van der Waals surface area contributed by atoms with Gasteiger partial charge in [-0.05, 0) is 18.9 Å². The molecule has 15 heteroatoms. The van der Waals surface area contributed by atoms with E-state index in [9.17, 15) is 18.4 Å². The zero-order chi connectivity index (χ0) is 26.6. The fraction of sp³-hybridized carbons (Fsp3) is 0.478. The maximum atomic E-state index is 13.1. The molecule has 5 rings (SSSR count). The van der Waals surface area contributed by atoms with Crippen LogP contribution >= 0.6 is 0 Å². The SMILES string of the molecule is C=CC(=O)N1CCC[C@H](NC(=O)CNc2nc(N3CCOCC3)nc3c2ncn3-c2cnn(C(F)F)c2)C1. The normalized spacial score (nSPS) is 18.1. The predicted molar refractivity (Wildman–Crippen MR) is 133 cm³/mol. The Hall–Kier alpha value is -4.14. The van der Waals surface area contributed by atoms with Crippen molar-refractivity contribution in [2.45, 2.75) is 25.4 Å². The maximum Gasteiger partial charge on any atom is 0.333 e. The number of piperidine rings is 1. The number of hydrogen-bond donors (Lipinski definition) is 2. The largest absolute Gasteiger partial charge is 0.378 e. The highest BCUT2D eigenvalue weighted by molar-refractivity contribution is 5.89. The molecule has 0 spiro atoms. The van der Waals surface area contributed by atoms with Crippen LogP contribution in [0, 0.1) is 0 Å². The van der Waals surface area contributed by atoms with Gasteiger partial charge in [0.1, 0.15) is 6.33 Å². The van der Waals surface area contributed by atoms with Gasteiger partial charge in [-0.1, -0.05) is 6.58 Å². The Kier molecular flexibility index (Phi) is 7.44. The van der Waals surface area contributed by atoms with Gasteiger partial charge >= 0.3 is 6.55 Å². The van der Waals surface area contributed by atoms with E-state index in [1.54, 1.807) is 9.47 Å². The van der Waals surface area contributed by atoms with Crippen LogP contribution in [-0.4, -0.2) is 98.0 Å². The van der Waals surface area contributed by atoms with Gasteiger partial charge in [-0.25, -0.2) is 9.67 Å². The lowest BCUT2D eigenvalue weighted by Gasteiger charge is -2.32. The number of fused-ring (bicyclic) bond motifs is 1. The Morgan fingerprint density at radius 3 is 2.79 bits per heavy atom. The van der Waals surface area contributed by atoms with Crippen molar-refractivity contribution in [2.75, 3.05) is 56.2 Å². The van der Waals surface area contributed by atoms with E-state index in [1.165, 1.54) is 24.8 Å². The van der Waals surface area contributed by atoms with E-state index in [1.807, 2.05) is 4.90 Å². The summed E-state index contributed by atoms with van der Waals surface area (Å²) in [6.07, 6.45) is 6.78. The van der Waals surface area contributed by atoms with Crippen LogP contribution in [0.25, 0.3) is 16.9 Å². The van der Waals surface area contributed by atoms with Crippen LogP contribution in [0.2, 0.25) is 0 Å². The first-order valence-corrected chi connectivity index (χ1v) is 12.3. The highest BCUT2D eigenvalue weighted by Gasteiger charge is 2.24. The van der Waals surface area contributed by atoms with Crippen molar-refractivity contribution < 1.29 is 23.1 Å². The first-order chi connectivity index (χ1) is 18.4. The van der Waals surface area contributed by atoms with Crippen LogP contribution in [-0.2, 0) is 14.3 Å². The number of carbonyl (C=O) groups is 2. The van der Waals surface area contributed by atoms with Gasteiger partial charge in [-0.2, -0.15) is 23.8 Å². The summed E-state index contributed by atoms with van der Waals surface area (Å²) in [6, 6.07) is -0.165. The average molecular weight is 531 g/mol. The number of anilines is 2. The van der Waals surface area contributed by atoms with Crippen molar-refractivity contribution in [3.05, 3.63) is 31.4 Å². The molecule has 3 aromatic heterocycles. The molecule has 0 radical (unpaired) electrons. The summed E-state index contributed by atoms with van der Waals surface area (Å²) in [5, 5.41) is 9.72. The van der Waals surface area contributed by atoms with Crippen LogP contribution < -0.4 is 15.5 Å². The first-order valence-electron chi connectivity index (χ1n) is 12.3. The minimum Gasteiger partial charge on any atom is -0.378 e. The van der Waals surface area contributed by atoms with Crippen LogP contribution in [0.15, 0.2) is 31.4 Å². The van der Waals surface area contributed by atoms with Crippen LogP contribution in [0.5, 0.6) is 0 Å². The van der Waals surface area contributed by atoms with Crippen molar-refractivity contribution in [3.63, 3.8) is 0 Å². The van der Waals surface area contributed by atoms with Crippen molar-refractivity contribution in [3.8, 4) is 5.69 Å². The summed E-state index contributed by atoms with van der Waals surface area (Å²) < 4.78 is 33.7. The van der Waals surface area contributed by atoms with E-state index in [-0.39, 0.29) is 24.4 Å². The molecule has 2 saturated heterocycles. The Balaban J connectivity index is 1.36. The predicted octanol–water partition coefficient (Wildman–Crippen LogP) is 0.949. The zero-order valence-electron chi connectivity index (χ0n) is 20.6. The standard InChI is InChI=1S/C23H28F2N10O3/c1-2-18(37)33-5-3-4-15(12-33)29-17(36)11-26-20-19-21(31-23(30-20)32-6-8-38-9-7-32)34(14-27-19)16-10-28-35(13-16)22(24)25/h2,10,13-15,22H,1,3-9,11-12H2,(H,29,36)(H,26,30,31)/t15-/m0/s1. The minimum atomic E-state index is -2.78. The summed E-state index contributed by atoms with van der Waals surface area (Å²) in [7, 11) is 0. The molecule has 0 bridgehead atoms. The first kappa shape index (κ1) is 25.5. The molecule has 0 unspecified atom stereocenters. The van der Waals surface area contributed by atoms with Crippen molar-refractivity contribution in [1.82, 2.24) is 39.5 Å². The number of nitrogens with zero attached hydrogens (tertiary/aromatic N) is 8. The number of aromatic nitrogens is 6. The summed E-state index contributed by atoms with van der Waals surface area (Å²) in [4.78, 5) is 42.0. The minimum absolute atomic E-state index is 0.0866. The van der Waals surface area contributed by atoms with Crippen molar-refractivity contribution in [1.29, 1.82) is 0 Å². The lowest BCUT2D eigenvalue weighted by Crippen LogP contribution is -2.50. The van der Waals surface area contributed by atoms with Crippen molar-refractivity contribution >= 4 is 34.7 Å². The van der Waals surface area contributed by atoms with Gasteiger partial charge < -0.3 is 25.2 Å². The molecule has 0 aromatic carbocycles. The fourth-order valence-corrected chi connectivity index (χ4v) is 4.53. The zero-order valence-corrected chi connectivity index (χ0v) is 20.6. The number of alkyl halides is 2. The van der Waals surface area contributed by atoms with E-state index >= 15 is 0 Å². The molecular formula is C23H28F2N10O3. The van der Waals surface area contributed by atoms with E-state index in [0.717, 1.165) is 12.8 Å². The molecule has 2 amide bonds. The van der Waals surface area contributed by atoms with Crippen LogP contribution in [0.4, 0.5) is 20.5 Å². The smallest absolute Gasteiger partial charge is 0.333 e. The van der Waals surface area contributed by atoms with Gasteiger partial charge in [-0.3, -0.25) is 14.2 Å². The number of hydrogen-bond acceptors (Lipinski definition) is 9. The number of amides is 2. The number of imidazole rings is 1. The second-order valence-electron chi connectivity index (χ2n) is 8.96. The van der Waals surface area contributed by atoms with Gasteiger partial charge in [0.2, 0.25) is 17.8 Å². The quantitative estimate of drug-likeness (QED) is 0.408. The molecule has 38 heavy (non-hydrogen) atoms. The molecule has 1 atom stereocenters. The second-order valence-corrected chi connectivity index (χ2v) is 8.96. The van der Waals surface area contributed by atoms with E-state index in [4.69, 9.17) is 4.74 Å². The number of rotatable bonds is 8. The monoisotopic (exact) mass is 530 g/mol. The van der Waals surface area contributed by atoms with Gasteiger partial charge in [0.05, 0.1) is 37.8 Å². The van der Waals surface area contributed by atoms with E-state index in [0.29, 0.717) is 72.7 Å². The van der Waals surface area contributed by atoms with Crippen molar-refractivity contribution in [2.24, 2.45) is 0 Å². The molecule has 0 aliphatic carbocycles. The molecule has 5 heterocycles. The Morgan fingerprint density at radius 1 is 1.24 bits per heavy atom. The van der Waals surface area contributed by atoms with E-state index in [2.05, 4.69) is 37.3 Å². The third-order valence-electron chi connectivity index (χ3n) is 6.43.